The van der Waals surface area contributed by atoms with Crippen LogP contribution >= 0.6 is 0 Å². The molecule has 0 atom stereocenters. The van der Waals surface area contributed by atoms with Crippen molar-refractivity contribution in [2.75, 3.05) is 26.8 Å². The SMILES string of the molecule is CN(Cc1cn(C)nc1-c1ccncc1)CC(C)(CO)CO. The van der Waals surface area contributed by atoms with Gasteiger partial charge < -0.3 is 15.1 Å². The Bertz CT molecular complexity index is 593. The lowest BCUT2D eigenvalue weighted by atomic mass is 9.92. The standard InChI is InChI=1S/C16H24N4O2/c1-16(11-21,12-22)10-19(2)8-14-9-20(3)18-15(14)13-4-6-17-7-5-13/h4-7,9,21-22H,8,10-12H2,1-3H3. The van der Waals surface area contributed by atoms with Crippen molar-refractivity contribution in [2.24, 2.45) is 12.5 Å². The topological polar surface area (TPSA) is 74.4 Å². The molecule has 0 radical (unpaired) electrons. The maximum atomic E-state index is 9.43. The zero-order valence-electron chi connectivity index (χ0n) is 13.4. The fraction of sp³-hybridized carbons (Fsp3) is 0.500. The third-order valence-corrected chi connectivity index (χ3v) is 3.71. The van der Waals surface area contributed by atoms with E-state index in [1.54, 1.807) is 17.1 Å². The molecule has 6 nitrogen and oxygen atoms in total. The lowest BCUT2D eigenvalue weighted by Crippen LogP contribution is -2.38. The van der Waals surface area contributed by atoms with Gasteiger partial charge in [-0.15, -0.1) is 0 Å². The Morgan fingerprint density at radius 2 is 1.86 bits per heavy atom. The fourth-order valence-electron chi connectivity index (χ4n) is 2.55. The van der Waals surface area contributed by atoms with Crippen molar-refractivity contribution in [3.05, 3.63) is 36.3 Å². The van der Waals surface area contributed by atoms with E-state index in [1.807, 2.05) is 39.3 Å². The maximum Gasteiger partial charge on any atom is 0.0969 e. The van der Waals surface area contributed by atoms with Crippen LogP contribution in [0.2, 0.25) is 0 Å². The van der Waals surface area contributed by atoms with Gasteiger partial charge in [-0.3, -0.25) is 9.67 Å². The molecule has 0 saturated carbocycles. The summed E-state index contributed by atoms with van der Waals surface area (Å²) in [5, 5.41) is 23.4. The summed E-state index contributed by atoms with van der Waals surface area (Å²) < 4.78 is 1.80. The molecule has 2 aromatic rings. The van der Waals surface area contributed by atoms with Crippen LogP contribution in [0.4, 0.5) is 0 Å². The Morgan fingerprint density at radius 1 is 1.23 bits per heavy atom. The van der Waals surface area contributed by atoms with E-state index in [-0.39, 0.29) is 13.2 Å². The summed E-state index contributed by atoms with van der Waals surface area (Å²) in [5.74, 6) is 0. The maximum absolute atomic E-state index is 9.43. The van der Waals surface area contributed by atoms with Gasteiger partial charge in [0.1, 0.15) is 0 Å². The zero-order valence-corrected chi connectivity index (χ0v) is 13.4. The average molecular weight is 304 g/mol. The van der Waals surface area contributed by atoms with E-state index in [0.29, 0.717) is 13.1 Å². The number of hydrogen-bond acceptors (Lipinski definition) is 5. The summed E-state index contributed by atoms with van der Waals surface area (Å²) in [7, 11) is 3.88. The van der Waals surface area contributed by atoms with Crippen molar-refractivity contribution in [1.29, 1.82) is 0 Å². The largest absolute Gasteiger partial charge is 0.396 e. The minimum Gasteiger partial charge on any atom is -0.396 e. The van der Waals surface area contributed by atoms with Gasteiger partial charge in [0.25, 0.3) is 0 Å². The quantitative estimate of drug-likeness (QED) is 0.795. The van der Waals surface area contributed by atoms with Gasteiger partial charge in [0, 0.05) is 55.3 Å². The van der Waals surface area contributed by atoms with Crippen LogP contribution in [0.25, 0.3) is 11.3 Å². The van der Waals surface area contributed by atoms with Crippen molar-refractivity contribution in [1.82, 2.24) is 19.7 Å². The molecule has 2 rings (SSSR count). The third kappa shape index (κ3) is 3.91. The van der Waals surface area contributed by atoms with Gasteiger partial charge in [-0.1, -0.05) is 6.92 Å². The van der Waals surface area contributed by atoms with E-state index in [0.717, 1.165) is 16.8 Å². The normalized spacial score (nSPS) is 12.1. The molecule has 0 aliphatic heterocycles. The number of hydrogen-bond donors (Lipinski definition) is 2. The number of nitrogens with zero attached hydrogens (tertiary/aromatic N) is 4. The predicted octanol–water partition coefficient (Wildman–Crippen LogP) is 0.905. The van der Waals surface area contributed by atoms with Gasteiger partial charge in [-0.05, 0) is 19.2 Å². The smallest absolute Gasteiger partial charge is 0.0969 e. The van der Waals surface area contributed by atoms with Gasteiger partial charge in [0.05, 0.1) is 18.9 Å². The molecule has 0 bridgehead atoms. The molecular weight excluding hydrogens is 280 g/mol. The van der Waals surface area contributed by atoms with Gasteiger partial charge in [0.15, 0.2) is 0 Å². The Hall–Kier alpha value is -1.76. The second-order valence-corrected chi connectivity index (χ2v) is 6.21. The fourth-order valence-corrected chi connectivity index (χ4v) is 2.55. The molecular formula is C16H24N4O2. The molecule has 0 aromatic carbocycles. The van der Waals surface area contributed by atoms with Crippen molar-refractivity contribution in [3.63, 3.8) is 0 Å². The molecule has 0 saturated heterocycles. The summed E-state index contributed by atoms with van der Waals surface area (Å²) in [5.41, 5.74) is 2.57. The molecule has 2 N–H and O–H groups in total. The van der Waals surface area contributed by atoms with E-state index in [2.05, 4.69) is 15.0 Å². The number of rotatable bonds is 7. The second-order valence-electron chi connectivity index (χ2n) is 6.21. The summed E-state index contributed by atoms with van der Waals surface area (Å²) in [6, 6.07) is 3.88. The first kappa shape index (κ1) is 16.6. The minimum absolute atomic E-state index is 0.0436. The van der Waals surface area contributed by atoms with Gasteiger partial charge in [0.2, 0.25) is 0 Å². The van der Waals surface area contributed by atoms with E-state index in [1.165, 1.54) is 0 Å². The van der Waals surface area contributed by atoms with Crippen molar-refractivity contribution in [3.8, 4) is 11.3 Å². The summed E-state index contributed by atoms with van der Waals surface area (Å²) in [4.78, 5) is 6.13. The molecule has 22 heavy (non-hydrogen) atoms. The Morgan fingerprint density at radius 3 is 2.45 bits per heavy atom. The number of aryl methyl sites for hydroxylation is 1. The highest BCUT2D eigenvalue weighted by Gasteiger charge is 2.25. The molecule has 0 amide bonds. The van der Waals surface area contributed by atoms with Crippen molar-refractivity contribution in [2.45, 2.75) is 13.5 Å². The predicted molar refractivity (Wildman–Crippen MR) is 85.1 cm³/mol. The third-order valence-electron chi connectivity index (χ3n) is 3.71. The van der Waals surface area contributed by atoms with E-state index in [4.69, 9.17) is 0 Å². The first-order valence-corrected chi connectivity index (χ1v) is 7.30. The molecule has 6 heteroatoms. The van der Waals surface area contributed by atoms with Crippen LogP contribution in [0.3, 0.4) is 0 Å². The number of aliphatic hydroxyl groups excluding tert-OH is 2. The summed E-state index contributed by atoms with van der Waals surface area (Å²) in [6.07, 6.45) is 5.51. The number of aromatic nitrogens is 3. The Balaban J connectivity index is 2.17. The van der Waals surface area contributed by atoms with Gasteiger partial charge in [-0.2, -0.15) is 5.10 Å². The molecule has 120 valence electrons. The first-order valence-electron chi connectivity index (χ1n) is 7.30. The van der Waals surface area contributed by atoms with E-state index in [9.17, 15) is 10.2 Å². The second kappa shape index (κ2) is 7.00. The van der Waals surface area contributed by atoms with Crippen LogP contribution < -0.4 is 0 Å². The summed E-state index contributed by atoms with van der Waals surface area (Å²) >= 11 is 0. The lowest BCUT2D eigenvalue weighted by Gasteiger charge is -2.30. The summed E-state index contributed by atoms with van der Waals surface area (Å²) in [6.45, 7) is 3.08. The van der Waals surface area contributed by atoms with Crippen molar-refractivity contribution < 1.29 is 10.2 Å². The highest BCUT2D eigenvalue weighted by molar-refractivity contribution is 5.61. The Kier molecular flexibility index (Phi) is 5.28. The van der Waals surface area contributed by atoms with Crippen LogP contribution in [-0.4, -0.2) is 56.7 Å². The monoisotopic (exact) mass is 304 g/mol. The van der Waals surface area contributed by atoms with E-state index < -0.39 is 5.41 Å². The molecule has 0 unspecified atom stereocenters. The molecule has 0 aliphatic rings. The van der Waals surface area contributed by atoms with Gasteiger partial charge >= 0.3 is 0 Å². The highest BCUT2D eigenvalue weighted by atomic mass is 16.3. The van der Waals surface area contributed by atoms with Crippen LogP contribution in [0, 0.1) is 5.41 Å². The number of aliphatic hydroxyl groups is 2. The molecule has 0 spiro atoms. The highest BCUT2D eigenvalue weighted by Crippen LogP contribution is 2.23. The van der Waals surface area contributed by atoms with Crippen LogP contribution in [0.5, 0.6) is 0 Å². The first-order chi connectivity index (χ1) is 10.5. The minimum atomic E-state index is -0.506. The van der Waals surface area contributed by atoms with Crippen molar-refractivity contribution >= 4 is 0 Å². The lowest BCUT2D eigenvalue weighted by molar-refractivity contribution is 0.0402. The van der Waals surface area contributed by atoms with Gasteiger partial charge in [-0.25, -0.2) is 0 Å². The Labute approximate surface area is 131 Å². The average Bonchev–Trinajstić information content (AvgIpc) is 2.88. The van der Waals surface area contributed by atoms with Crippen LogP contribution in [-0.2, 0) is 13.6 Å². The molecule has 0 aliphatic carbocycles. The van der Waals surface area contributed by atoms with E-state index >= 15 is 0 Å². The van der Waals surface area contributed by atoms with Crippen LogP contribution in [0.15, 0.2) is 30.7 Å². The molecule has 0 fully saturated rings. The molecule has 2 heterocycles. The molecule has 2 aromatic heterocycles. The van der Waals surface area contributed by atoms with Crippen LogP contribution in [0.1, 0.15) is 12.5 Å². The zero-order chi connectivity index (χ0) is 16.2. The number of pyridine rings is 1.